The van der Waals surface area contributed by atoms with Gasteiger partial charge in [-0.2, -0.15) is 0 Å². The van der Waals surface area contributed by atoms with E-state index < -0.39 is 0 Å². The normalized spacial score (nSPS) is 10.5. The summed E-state index contributed by atoms with van der Waals surface area (Å²) < 4.78 is 0. The van der Waals surface area contributed by atoms with Gasteiger partial charge in [0.2, 0.25) is 0 Å². The number of hydrazine groups is 1. The fourth-order valence-electron chi connectivity index (χ4n) is 2.17. The van der Waals surface area contributed by atoms with E-state index in [0.717, 1.165) is 12.2 Å². The largest absolute Gasteiger partial charge is 0.321 e. The zero-order chi connectivity index (χ0) is 12.9. The summed E-state index contributed by atoms with van der Waals surface area (Å²) in [6.45, 7) is 0.796. The van der Waals surface area contributed by atoms with Crippen LogP contribution in [0, 0.1) is 0 Å². The number of nitrogens with one attached hydrogen (secondary N) is 2. The van der Waals surface area contributed by atoms with Gasteiger partial charge in [0, 0.05) is 11.9 Å². The highest BCUT2D eigenvalue weighted by molar-refractivity contribution is 5.93. The van der Waals surface area contributed by atoms with Crippen LogP contribution >= 0.6 is 0 Å². The predicted molar refractivity (Wildman–Crippen MR) is 80.9 cm³/mol. The molecule has 0 heterocycles. The monoisotopic (exact) mass is 248 g/mol. The number of fused-ring (bicyclic) bond motifs is 1. The number of hydrogen-bond acceptors (Lipinski definition) is 2. The summed E-state index contributed by atoms with van der Waals surface area (Å²) in [5, 5.41) is 2.47. The second kappa shape index (κ2) is 5.55. The maximum atomic E-state index is 3.29. The van der Waals surface area contributed by atoms with E-state index in [9.17, 15) is 0 Å². The van der Waals surface area contributed by atoms with E-state index in [2.05, 4.69) is 77.6 Å². The molecule has 19 heavy (non-hydrogen) atoms. The predicted octanol–water partition coefficient (Wildman–Crippen LogP) is 3.96. The summed E-state index contributed by atoms with van der Waals surface area (Å²) in [4.78, 5) is 0. The van der Waals surface area contributed by atoms with Crippen LogP contribution in [-0.2, 0) is 6.54 Å². The lowest BCUT2D eigenvalue weighted by molar-refractivity contribution is 0.803. The first kappa shape index (κ1) is 11.8. The van der Waals surface area contributed by atoms with Gasteiger partial charge in [0.05, 0.1) is 5.69 Å². The molecule has 0 saturated heterocycles. The van der Waals surface area contributed by atoms with Crippen molar-refractivity contribution in [3.05, 3.63) is 78.4 Å². The van der Waals surface area contributed by atoms with Gasteiger partial charge in [0.25, 0.3) is 0 Å². The number of hydrogen-bond donors (Lipinski definition) is 2. The summed E-state index contributed by atoms with van der Waals surface area (Å²) in [6, 6.07) is 25.0. The Morgan fingerprint density at radius 1 is 0.684 bits per heavy atom. The van der Waals surface area contributed by atoms with Crippen LogP contribution in [0.3, 0.4) is 0 Å². The smallest absolute Gasteiger partial charge is 0.0566 e. The Morgan fingerprint density at radius 2 is 1.42 bits per heavy atom. The molecule has 2 heteroatoms. The Hall–Kier alpha value is -2.32. The van der Waals surface area contributed by atoms with E-state index in [1.54, 1.807) is 0 Å². The summed E-state index contributed by atoms with van der Waals surface area (Å²) in [7, 11) is 0. The average Bonchev–Trinajstić information content (AvgIpc) is 2.49. The fourth-order valence-corrected chi connectivity index (χ4v) is 2.17. The van der Waals surface area contributed by atoms with Crippen LogP contribution < -0.4 is 10.9 Å². The minimum absolute atomic E-state index is 0.796. The first-order valence-corrected chi connectivity index (χ1v) is 6.44. The lowest BCUT2D eigenvalue weighted by atomic mass is 10.1. The molecule has 3 aromatic carbocycles. The molecule has 3 aromatic rings. The van der Waals surface area contributed by atoms with Gasteiger partial charge in [-0.1, -0.05) is 66.7 Å². The Balaban J connectivity index is 1.72. The van der Waals surface area contributed by atoms with Crippen LogP contribution in [0.1, 0.15) is 5.56 Å². The lowest BCUT2D eigenvalue weighted by Gasteiger charge is -2.11. The van der Waals surface area contributed by atoms with Crippen LogP contribution in [0.25, 0.3) is 10.8 Å². The SMILES string of the molecule is c1ccc(CNNc2cccc3ccccc23)cc1. The van der Waals surface area contributed by atoms with Gasteiger partial charge in [-0.15, -0.1) is 0 Å². The summed E-state index contributed by atoms with van der Waals surface area (Å²) in [5.74, 6) is 0. The second-order valence-corrected chi connectivity index (χ2v) is 4.49. The Bertz CT molecular complexity index is 657. The van der Waals surface area contributed by atoms with E-state index in [0.29, 0.717) is 0 Å². The standard InChI is InChI=1S/C17H16N2/c1-2-7-14(8-3-1)13-18-19-17-12-6-10-15-9-4-5-11-16(15)17/h1-12,18-19H,13H2. The van der Waals surface area contributed by atoms with Crippen molar-refractivity contribution in [2.45, 2.75) is 6.54 Å². The molecular formula is C17H16N2. The van der Waals surface area contributed by atoms with Crippen molar-refractivity contribution < 1.29 is 0 Å². The van der Waals surface area contributed by atoms with E-state index in [-0.39, 0.29) is 0 Å². The maximum absolute atomic E-state index is 3.29. The molecule has 3 rings (SSSR count). The van der Waals surface area contributed by atoms with E-state index >= 15 is 0 Å². The molecule has 0 aromatic heterocycles. The minimum Gasteiger partial charge on any atom is -0.321 e. The molecule has 0 radical (unpaired) electrons. The van der Waals surface area contributed by atoms with Crippen LogP contribution in [-0.4, -0.2) is 0 Å². The molecule has 0 aliphatic heterocycles. The molecule has 2 N–H and O–H groups in total. The first-order chi connectivity index (χ1) is 9.43. The van der Waals surface area contributed by atoms with Gasteiger partial charge in [-0.3, -0.25) is 0 Å². The third kappa shape index (κ3) is 2.75. The molecular weight excluding hydrogens is 232 g/mol. The highest BCUT2D eigenvalue weighted by atomic mass is 15.3. The number of benzene rings is 3. The Kier molecular flexibility index (Phi) is 3.43. The average molecular weight is 248 g/mol. The molecule has 0 spiro atoms. The summed E-state index contributed by atoms with van der Waals surface area (Å²) in [6.07, 6.45) is 0. The zero-order valence-electron chi connectivity index (χ0n) is 10.6. The molecule has 0 aliphatic carbocycles. The molecule has 0 saturated carbocycles. The van der Waals surface area contributed by atoms with E-state index in [4.69, 9.17) is 0 Å². The third-order valence-corrected chi connectivity index (χ3v) is 3.15. The van der Waals surface area contributed by atoms with Gasteiger partial charge in [0.1, 0.15) is 0 Å². The van der Waals surface area contributed by atoms with Crippen molar-refractivity contribution in [3.8, 4) is 0 Å². The van der Waals surface area contributed by atoms with Crippen LogP contribution in [0.15, 0.2) is 72.8 Å². The molecule has 94 valence electrons. The van der Waals surface area contributed by atoms with Crippen LogP contribution in [0.4, 0.5) is 5.69 Å². The van der Waals surface area contributed by atoms with Crippen molar-refractivity contribution in [2.24, 2.45) is 0 Å². The van der Waals surface area contributed by atoms with Crippen molar-refractivity contribution in [3.63, 3.8) is 0 Å². The molecule has 0 bridgehead atoms. The molecule has 0 unspecified atom stereocenters. The van der Waals surface area contributed by atoms with Crippen LogP contribution in [0.2, 0.25) is 0 Å². The van der Waals surface area contributed by atoms with Crippen molar-refractivity contribution in [1.29, 1.82) is 0 Å². The van der Waals surface area contributed by atoms with Gasteiger partial charge in [-0.25, -0.2) is 5.43 Å². The molecule has 0 aliphatic rings. The molecule has 0 atom stereocenters. The van der Waals surface area contributed by atoms with Gasteiger partial charge in [-0.05, 0) is 17.0 Å². The number of anilines is 1. The first-order valence-electron chi connectivity index (χ1n) is 6.44. The Labute approximate surface area is 113 Å². The van der Waals surface area contributed by atoms with E-state index in [1.165, 1.54) is 16.3 Å². The zero-order valence-corrected chi connectivity index (χ0v) is 10.6. The third-order valence-electron chi connectivity index (χ3n) is 3.15. The van der Waals surface area contributed by atoms with Crippen molar-refractivity contribution in [2.75, 3.05) is 5.43 Å². The minimum atomic E-state index is 0.796. The lowest BCUT2D eigenvalue weighted by Crippen LogP contribution is -2.20. The van der Waals surface area contributed by atoms with Crippen LogP contribution in [0.5, 0.6) is 0 Å². The number of rotatable bonds is 4. The second-order valence-electron chi connectivity index (χ2n) is 4.49. The highest BCUT2D eigenvalue weighted by Crippen LogP contribution is 2.22. The van der Waals surface area contributed by atoms with Gasteiger partial charge >= 0.3 is 0 Å². The topological polar surface area (TPSA) is 24.1 Å². The summed E-state index contributed by atoms with van der Waals surface area (Å²) in [5.41, 5.74) is 8.91. The molecule has 0 amide bonds. The van der Waals surface area contributed by atoms with Crippen molar-refractivity contribution in [1.82, 2.24) is 5.43 Å². The summed E-state index contributed by atoms with van der Waals surface area (Å²) >= 11 is 0. The molecule has 2 nitrogen and oxygen atoms in total. The Morgan fingerprint density at radius 3 is 2.32 bits per heavy atom. The van der Waals surface area contributed by atoms with Gasteiger partial charge < -0.3 is 5.43 Å². The highest BCUT2D eigenvalue weighted by Gasteiger charge is 1.98. The quantitative estimate of drug-likeness (QED) is 0.683. The fraction of sp³-hybridized carbons (Fsp3) is 0.0588. The maximum Gasteiger partial charge on any atom is 0.0566 e. The molecule has 0 fully saturated rings. The van der Waals surface area contributed by atoms with Crippen molar-refractivity contribution >= 4 is 16.5 Å². The van der Waals surface area contributed by atoms with E-state index in [1.807, 2.05) is 6.07 Å². The van der Waals surface area contributed by atoms with Gasteiger partial charge in [0.15, 0.2) is 0 Å².